The Morgan fingerprint density at radius 2 is 1.70 bits per heavy atom. The molecular weight excluding hydrogens is 205 g/mol. The second-order valence-corrected chi connectivity index (χ2v) is 2.15. The van der Waals surface area contributed by atoms with Gasteiger partial charge in [0.1, 0.15) is 0 Å². The van der Waals surface area contributed by atoms with Crippen LogP contribution in [-0.4, -0.2) is 22.4 Å². The molecule has 0 heterocycles. The van der Waals surface area contributed by atoms with E-state index >= 15 is 0 Å². The molecule has 0 rings (SSSR count). The van der Waals surface area contributed by atoms with Gasteiger partial charge in [0.25, 0.3) is 0 Å². The van der Waals surface area contributed by atoms with Gasteiger partial charge in [0.05, 0.1) is 12.2 Å². The zero-order chi connectivity index (χ0) is 6.57. The van der Waals surface area contributed by atoms with Crippen LogP contribution in [-0.2, 0) is 32.7 Å². The summed E-state index contributed by atoms with van der Waals surface area (Å²) in [5.74, 6) is 0. The van der Waals surface area contributed by atoms with Gasteiger partial charge in [-0.25, -0.2) is 0 Å². The Morgan fingerprint density at radius 3 is 1.80 bits per heavy atom. The summed E-state index contributed by atoms with van der Waals surface area (Å²) in [6, 6.07) is 0. The molecule has 0 aliphatic heterocycles. The SMILES string of the molecule is CCC(O)CC(C)O.[CH3-].[Y]. The Hall–Kier alpha value is 1.02. The first-order valence-electron chi connectivity index (χ1n) is 3.03. The summed E-state index contributed by atoms with van der Waals surface area (Å²) in [5.41, 5.74) is 0. The molecule has 2 N–H and O–H groups in total. The largest absolute Gasteiger partial charge is 0.393 e. The summed E-state index contributed by atoms with van der Waals surface area (Å²) >= 11 is 0. The molecule has 0 fully saturated rings. The van der Waals surface area contributed by atoms with Crippen molar-refractivity contribution >= 4 is 0 Å². The maximum atomic E-state index is 8.87. The summed E-state index contributed by atoms with van der Waals surface area (Å²) in [6.45, 7) is 3.58. The molecule has 0 saturated carbocycles. The van der Waals surface area contributed by atoms with Crippen molar-refractivity contribution < 1.29 is 42.9 Å². The first-order chi connectivity index (χ1) is 3.66. The molecule has 0 bridgehead atoms. The topological polar surface area (TPSA) is 40.5 Å². The standard InChI is InChI=1S/C6H14O2.CH3.Y/c1-3-6(8)4-5(2)7;;/h5-8H,3-4H2,1-2H3;1H3;/q;-1;. The third-order valence-electron chi connectivity index (χ3n) is 1.08. The molecule has 0 saturated heterocycles. The van der Waals surface area contributed by atoms with Gasteiger partial charge in [-0.2, -0.15) is 0 Å². The van der Waals surface area contributed by atoms with Crippen molar-refractivity contribution in [1.29, 1.82) is 0 Å². The summed E-state index contributed by atoms with van der Waals surface area (Å²) in [6.07, 6.45) is 0.529. The summed E-state index contributed by atoms with van der Waals surface area (Å²) in [7, 11) is 0. The van der Waals surface area contributed by atoms with E-state index in [0.29, 0.717) is 6.42 Å². The molecule has 3 heteroatoms. The normalized spacial score (nSPS) is 14.4. The van der Waals surface area contributed by atoms with E-state index in [0.717, 1.165) is 6.42 Å². The van der Waals surface area contributed by atoms with Crippen molar-refractivity contribution in [3.63, 3.8) is 0 Å². The van der Waals surface area contributed by atoms with Crippen molar-refractivity contribution in [3.8, 4) is 0 Å². The van der Waals surface area contributed by atoms with Gasteiger partial charge in [-0.15, -0.1) is 0 Å². The van der Waals surface area contributed by atoms with Crippen molar-refractivity contribution in [1.82, 2.24) is 0 Å². The number of aliphatic hydroxyl groups is 2. The van der Waals surface area contributed by atoms with E-state index in [2.05, 4.69) is 0 Å². The Labute approximate surface area is 88.9 Å². The van der Waals surface area contributed by atoms with E-state index in [-0.39, 0.29) is 52.3 Å². The van der Waals surface area contributed by atoms with E-state index < -0.39 is 0 Å². The van der Waals surface area contributed by atoms with Gasteiger partial charge in [0.15, 0.2) is 0 Å². The Kier molecular flexibility index (Phi) is 17.2. The quantitative estimate of drug-likeness (QED) is 0.698. The summed E-state index contributed by atoms with van der Waals surface area (Å²) in [4.78, 5) is 0. The van der Waals surface area contributed by atoms with E-state index in [4.69, 9.17) is 10.2 Å². The fourth-order valence-electron chi connectivity index (χ4n) is 0.560. The van der Waals surface area contributed by atoms with E-state index in [1.807, 2.05) is 6.92 Å². The molecule has 61 valence electrons. The fraction of sp³-hybridized carbons (Fsp3) is 0.857. The molecule has 0 aromatic carbocycles. The maximum Gasteiger partial charge on any atom is 0.0562 e. The van der Waals surface area contributed by atoms with Crippen LogP contribution in [0.3, 0.4) is 0 Å². The molecule has 2 atom stereocenters. The molecule has 2 nitrogen and oxygen atoms in total. The molecule has 10 heavy (non-hydrogen) atoms. The van der Waals surface area contributed by atoms with Gasteiger partial charge < -0.3 is 17.6 Å². The maximum absolute atomic E-state index is 8.87. The minimum absolute atomic E-state index is 0. The van der Waals surface area contributed by atoms with E-state index in [1.165, 1.54) is 0 Å². The summed E-state index contributed by atoms with van der Waals surface area (Å²) < 4.78 is 0. The van der Waals surface area contributed by atoms with Crippen LogP contribution in [0.2, 0.25) is 0 Å². The molecule has 2 unspecified atom stereocenters. The number of hydrogen-bond donors (Lipinski definition) is 2. The smallest absolute Gasteiger partial charge is 0.0562 e. The van der Waals surface area contributed by atoms with Gasteiger partial charge in [-0.1, -0.05) is 6.92 Å². The molecule has 0 spiro atoms. The van der Waals surface area contributed by atoms with Crippen molar-refractivity contribution in [2.75, 3.05) is 0 Å². The van der Waals surface area contributed by atoms with Crippen LogP contribution in [0.1, 0.15) is 26.7 Å². The van der Waals surface area contributed by atoms with Crippen molar-refractivity contribution in [3.05, 3.63) is 7.43 Å². The van der Waals surface area contributed by atoms with Gasteiger partial charge in [0.2, 0.25) is 0 Å². The minimum Gasteiger partial charge on any atom is -0.393 e. The zero-order valence-corrected chi connectivity index (χ0v) is 9.88. The number of rotatable bonds is 3. The van der Waals surface area contributed by atoms with Crippen LogP contribution < -0.4 is 0 Å². The predicted molar refractivity (Wildman–Crippen MR) is 39.0 cm³/mol. The molecule has 0 aromatic rings. The second-order valence-electron chi connectivity index (χ2n) is 2.15. The Balaban J connectivity index is -0.000000245. The average Bonchev–Trinajstić information content (AvgIpc) is 1.65. The zero-order valence-electron chi connectivity index (χ0n) is 7.04. The van der Waals surface area contributed by atoms with Crippen LogP contribution in [0.4, 0.5) is 0 Å². The molecule has 0 aliphatic rings. The van der Waals surface area contributed by atoms with Gasteiger partial charge in [-0.3, -0.25) is 0 Å². The van der Waals surface area contributed by atoms with Crippen LogP contribution in [0, 0.1) is 7.43 Å². The first kappa shape index (κ1) is 17.2. The van der Waals surface area contributed by atoms with Crippen molar-refractivity contribution in [2.45, 2.75) is 38.9 Å². The Bertz CT molecular complexity index is 57.6. The van der Waals surface area contributed by atoms with Crippen molar-refractivity contribution in [2.24, 2.45) is 0 Å². The predicted octanol–water partition coefficient (Wildman–Crippen LogP) is 0.976. The first-order valence-corrected chi connectivity index (χ1v) is 3.03. The molecule has 0 amide bonds. The van der Waals surface area contributed by atoms with E-state index in [9.17, 15) is 0 Å². The van der Waals surface area contributed by atoms with Gasteiger partial charge >= 0.3 is 0 Å². The number of aliphatic hydroxyl groups excluding tert-OH is 2. The van der Waals surface area contributed by atoms with Crippen LogP contribution in [0.25, 0.3) is 0 Å². The molecule has 0 aliphatic carbocycles. The van der Waals surface area contributed by atoms with Crippen LogP contribution in [0.15, 0.2) is 0 Å². The molecular formula is C7H17O2Y-. The minimum atomic E-state index is -0.370. The van der Waals surface area contributed by atoms with Gasteiger partial charge in [0, 0.05) is 32.7 Å². The van der Waals surface area contributed by atoms with Gasteiger partial charge in [-0.05, 0) is 19.8 Å². The fourth-order valence-corrected chi connectivity index (χ4v) is 0.560. The molecule has 1 radical (unpaired) electrons. The van der Waals surface area contributed by atoms with E-state index in [1.54, 1.807) is 6.92 Å². The third kappa shape index (κ3) is 11.8. The van der Waals surface area contributed by atoms with Crippen LogP contribution >= 0.6 is 0 Å². The molecule has 0 aromatic heterocycles. The number of hydrogen-bond acceptors (Lipinski definition) is 2. The Morgan fingerprint density at radius 1 is 1.30 bits per heavy atom. The average molecular weight is 222 g/mol. The second kappa shape index (κ2) is 10.0. The third-order valence-corrected chi connectivity index (χ3v) is 1.08. The monoisotopic (exact) mass is 222 g/mol. The van der Waals surface area contributed by atoms with Crippen LogP contribution in [0.5, 0.6) is 0 Å². The summed E-state index contributed by atoms with van der Waals surface area (Å²) in [5, 5.41) is 17.6.